The maximum atomic E-state index is 5.75. The normalized spacial score (nSPS) is 17.9. The first-order chi connectivity index (χ1) is 8.36. The molecule has 2 nitrogen and oxygen atoms in total. The highest BCUT2D eigenvalue weighted by Crippen LogP contribution is 2.39. The standard InChI is InChI=1S/C15H17NO/c16-9-8-15(10-17-11-15)14-7-3-5-12-4-1-2-6-13(12)14/h1-7H,8-11,16H2. The zero-order chi connectivity index (χ0) is 11.7. The molecule has 0 atom stereocenters. The van der Waals surface area contributed by atoms with Crippen molar-refractivity contribution in [2.24, 2.45) is 5.73 Å². The Balaban J connectivity index is 2.16. The van der Waals surface area contributed by atoms with E-state index >= 15 is 0 Å². The van der Waals surface area contributed by atoms with Gasteiger partial charge in [0.05, 0.1) is 13.2 Å². The SMILES string of the molecule is NCCC1(c2cccc3ccccc23)COC1. The molecule has 1 fully saturated rings. The van der Waals surface area contributed by atoms with Gasteiger partial charge in [-0.05, 0) is 29.3 Å². The van der Waals surface area contributed by atoms with Crippen LogP contribution in [0.1, 0.15) is 12.0 Å². The summed E-state index contributed by atoms with van der Waals surface area (Å²) >= 11 is 0. The zero-order valence-electron chi connectivity index (χ0n) is 9.86. The quantitative estimate of drug-likeness (QED) is 0.874. The molecule has 2 aromatic carbocycles. The molecule has 17 heavy (non-hydrogen) atoms. The van der Waals surface area contributed by atoms with Crippen molar-refractivity contribution in [2.45, 2.75) is 11.8 Å². The number of benzene rings is 2. The molecule has 0 radical (unpaired) electrons. The highest BCUT2D eigenvalue weighted by atomic mass is 16.5. The molecule has 0 unspecified atom stereocenters. The summed E-state index contributed by atoms with van der Waals surface area (Å²) in [6.07, 6.45) is 1.00. The fourth-order valence-electron chi connectivity index (χ4n) is 2.75. The van der Waals surface area contributed by atoms with Crippen molar-refractivity contribution in [3.8, 4) is 0 Å². The molecule has 1 aliphatic heterocycles. The Labute approximate surface area is 101 Å². The number of ether oxygens (including phenoxy) is 1. The van der Waals surface area contributed by atoms with Crippen molar-refractivity contribution in [2.75, 3.05) is 19.8 Å². The van der Waals surface area contributed by atoms with Crippen LogP contribution >= 0.6 is 0 Å². The van der Waals surface area contributed by atoms with E-state index in [0.717, 1.165) is 19.6 Å². The van der Waals surface area contributed by atoms with E-state index in [0.29, 0.717) is 6.54 Å². The number of rotatable bonds is 3. The summed E-state index contributed by atoms with van der Waals surface area (Å²) in [5.74, 6) is 0. The molecule has 2 N–H and O–H groups in total. The lowest BCUT2D eigenvalue weighted by atomic mass is 9.74. The Bertz CT molecular complexity index is 526. The third kappa shape index (κ3) is 1.65. The molecular weight excluding hydrogens is 210 g/mol. The summed E-state index contributed by atoms with van der Waals surface area (Å²) in [7, 11) is 0. The predicted molar refractivity (Wildman–Crippen MR) is 70.1 cm³/mol. The zero-order valence-corrected chi connectivity index (χ0v) is 9.86. The van der Waals surface area contributed by atoms with Crippen LogP contribution in [0.4, 0.5) is 0 Å². The predicted octanol–water partition coefficient (Wildman–Crippen LogP) is 2.46. The first kappa shape index (κ1) is 10.8. The molecule has 88 valence electrons. The summed E-state index contributed by atoms with van der Waals surface area (Å²) in [6, 6.07) is 15.1. The minimum atomic E-state index is 0.148. The van der Waals surface area contributed by atoms with Crippen LogP contribution < -0.4 is 5.73 Å². The third-order valence-electron chi connectivity index (χ3n) is 3.74. The molecule has 2 heteroatoms. The second kappa shape index (κ2) is 4.13. The van der Waals surface area contributed by atoms with E-state index in [9.17, 15) is 0 Å². The van der Waals surface area contributed by atoms with E-state index in [1.54, 1.807) is 0 Å². The summed E-state index contributed by atoms with van der Waals surface area (Å²) in [4.78, 5) is 0. The van der Waals surface area contributed by atoms with Crippen molar-refractivity contribution in [1.29, 1.82) is 0 Å². The smallest absolute Gasteiger partial charge is 0.0586 e. The lowest BCUT2D eigenvalue weighted by molar-refractivity contribution is -0.0623. The van der Waals surface area contributed by atoms with Crippen LogP contribution in [0.5, 0.6) is 0 Å². The summed E-state index contributed by atoms with van der Waals surface area (Å²) in [5, 5.41) is 2.64. The Hall–Kier alpha value is -1.38. The monoisotopic (exact) mass is 227 g/mol. The van der Waals surface area contributed by atoms with Gasteiger partial charge in [0.1, 0.15) is 0 Å². The van der Waals surface area contributed by atoms with Crippen LogP contribution in [0, 0.1) is 0 Å². The van der Waals surface area contributed by atoms with Gasteiger partial charge in [-0.2, -0.15) is 0 Å². The van der Waals surface area contributed by atoms with Crippen LogP contribution in [-0.4, -0.2) is 19.8 Å². The summed E-state index contributed by atoms with van der Waals surface area (Å²) in [6.45, 7) is 2.32. The van der Waals surface area contributed by atoms with Gasteiger partial charge in [0.2, 0.25) is 0 Å². The van der Waals surface area contributed by atoms with Gasteiger partial charge in [-0.15, -0.1) is 0 Å². The van der Waals surface area contributed by atoms with Gasteiger partial charge >= 0.3 is 0 Å². The average Bonchev–Trinajstić information content (AvgIpc) is 2.33. The molecular formula is C15H17NO. The Kier molecular flexibility index (Phi) is 2.61. The fraction of sp³-hybridized carbons (Fsp3) is 0.333. The van der Waals surface area contributed by atoms with Gasteiger partial charge < -0.3 is 10.5 Å². The second-order valence-corrected chi connectivity index (χ2v) is 4.84. The van der Waals surface area contributed by atoms with E-state index in [2.05, 4.69) is 42.5 Å². The number of hydrogen-bond acceptors (Lipinski definition) is 2. The molecule has 1 aliphatic rings. The molecule has 0 saturated carbocycles. The van der Waals surface area contributed by atoms with Crippen molar-refractivity contribution in [1.82, 2.24) is 0 Å². The largest absolute Gasteiger partial charge is 0.379 e. The van der Waals surface area contributed by atoms with Crippen LogP contribution in [0.15, 0.2) is 42.5 Å². The van der Waals surface area contributed by atoms with Crippen LogP contribution in [0.2, 0.25) is 0 Å². The minimum absolute atomic E-state index is 0.148. The van der Waals surface area contributed by atoms with E-state index in [1.165, 1.54) is 16.3 Å². The molecule has 0 amide bonds. The first-order valence-corrected chi connectivity index (χ1v) is 6.12. The lowest BCUT2D eigenvalue weighted by Gasteiger charge is -2.42. The minimum Gasteiger partial charge on any atom is -0.379 e. The summed E-state index contributed by atoms with van der Waals surface area (Å²) < 4.78 is 5.44. The Morgan fingerprint density at radius 2 is 1.82 bits per heavy atom. The number of fused-ring (bicyclic) bond motifs is 1. The maximum Gasteiger partial charge on any atom is 0.0586 e. The molecule has 0 aliphatic carbocycles. The fourth-order valence-corrected chi connectivity index (χ4v) is 2.75. The van der Waals surface area contributed by atoms with Gasteiger partial charge in [-0.25, -0.2) is 0 Å². The van der Waals surface area contributed by atoms with Crippen molar-refractivity contribution in [3.63, 3.8) is 0 Å². The molecule has 0 bridgehead atoms. The topological polar surface area (TPSA) is 35.2 Å². The highest BCUT2D eigenvalue weighted by molar-refractivity contribution is 5.86. The molecule has 0 aromatic heterocycles. The van der Waals surface area contributed by atoms with E-state index < -0.39 is 0 Å². The van der Waals surface area contributed by atoms with Gasteiger partial charge in [0.15, 0.2) is 0 Å². The van der Waals surface area contributed by atoms with E-state index in [4.69, 9.17) is 10.5 Å². The highest BCUT2D eigenvalue weighted by Gasteiger charge is 2.40. The van der Waals surface area contributed by atoms with Crippen molar-refractivity contribution >= 4 is 10.8 Å². The molecule has 0 spiro atoms. The van der Waals surface area contributed by atoms with Gasteiger partial charge in [-0.1, -0.05) is 42.5 Å². The molecule has 1 heterocycles. The number of nitrogens with two attached hydrogens (primary N) is 1. The Morgan fingerprint density at radius 1 is 1.06 bits per heavy atom. The third-order valence-corrected chi connectivity index (χ3v) is 3.74. The van der Waals surface area contributed by atoms with Gasteiger partial charge in [0.25, 0.3) is 0 Å². The van der Waals surface area contributed by atoms with Gasteiger partial charge in [-0.3, -0.25) is 0 Å². The van der Waals surface area contributed by atoms with Crippen LogP contribution in [0.3, 0.4) is 0 Å². The van der Waals surface area contributed by atoms with E-state index in [1.807, 2.05) is 0 Å². The molecule has 2 aromatic rings. The van der Waals surface area contributed by atoms with E-state index in [-0.39, 0.29) is 5.41 Å². The van der Waals surface area contributed by atoms with Crippen molar-refractivity contribution < 1.29 is 4.74 Å². The molecule has 1 saturated heterocycles. The van der Waals surface area contributed by atoms with Crippen LogP contribution in [-0.2, 0) is 10.2 Å². The second-order valence-electron chi connectivity index (χ2n) is 4.84. The lowest BCUT2D eigenvalue weighted by Crippen LogP contribution is -2.48. The van der Waals surface area contributed by atoms with Crippen molar-refractivity contribution in [3.05, 3.63) is 48.0 Å². The summed E-state index contributed by atoms with van der Waals surface area (Å²) in [5.41, 5.74) is 7.29. The molecule has 3 rings (SSSR count). The average molecular weight is 227 g/mol. The Morgan fingerprint density at radius 3 is 2.53 bits per heavy atom. The van der Waals surface area contributed by atoms with Gasteiger partial charge in [0, 0.05) is 5.41 Å². The van der Waals surface area contributed by atoms with Crippen LogP contribution in [0.25, 0.3) is 10.8 Å². The maximum absolute atomic E-state index is 5.75. The first-order valence-electron chi connectivity index (χ1n) is 6.12. The number of hydrogen-bond donors (Lipinski definition) is 1.